The number of benzene rings is 4. The van der Waals surface area contributed by atoms with E-state index in [2.05, 4.69) is 149 Å². The molecule has 6 aliphatic heterocycles. The van der Waals surface area contributed by atoms with E-state index in [9.17, 15) is 0 Å². The summed E-state index contributed by atoms with van der Waals surface area (Å²) in [5.74, 6) is 0. The van der Waals surface area contributed by atoms with Crippen LogP contribution < -0.4 is 10.6 Å². The van der Waals surface area contributed by atoms with Crippen LogP contribution in [0.2, 0.25) is 0 Å². The van der Waals surface area contributed by atoms with Gasteiger partial charge in [0, 0.05) is 72.4 Å². The van der Waals surface area contributed by atoms with Crippen molar-refractivity contribution in [1.82, 2.24) is 20.4 Å². The standard InChI is InChI=1S/2C19H21BrN2.2ClH/c2*20-17-7-3-4-14(8-17)12-22-13-18-9-15-5-1-2-6-16(15)10-19(22)11-21-18;;/h2*1-8,18-19,21H,9-13H2;2*1H. The van der Waals surface area contributed by atoms with Crippen LogP contribution in [-0.2, 0) is 38.8 Å². The van der Waals surface area contributed by atoms with Gasteiger partial charge < -0.3 is 10.6 Å². The Balaban J connectivity index is 0.000000174. The van der Waals surface area contributed by atoms with Gasteiger partial charge in [0.1, 0.15) is 0 Å². The van der Waals surface area contributed by atoms with Crippen molar-refractivity contribution in [2.24, 2.45) is 0 Å². The number of piperazine rings is 2. The molecule has 8 heteroatoms. The van der Waals surface area contributed by atoms with Crippen LogP contribution in [0.15, 0.2) is 106 Å². The number of hydrogen-bond donors (Lipinski definition) is 2. The quantitative estimate of drug-likeness (QED) is 0.223. The lowest BCUT2D eigenvalue weighted by Crippen LogP contribution is -2.58. The van der Waals surface area contributed by atoms with Crippen LogP contribution in [0.5, 0.6) is 0 Å². The van der Waals surface area contributed by atoms with Crippen molar-refractivity contribution in [3.63, 3.8) is 0 Å². The summed E-state index contributed by atoms with van der Waals surface area (Å²) in [6.45, 7) is 6.59. The third-order valence-electron chi connectivity index (χ3n) is 9.86. The fraction of sp³-hybridized carbons (Fsp3) is 0.368. The summed E-state index contributed by atoms with van der Waals surface area (Å²) in [7, 11) is 0. The molecule has 0 spiro atoms. The van der Waals surface area contributed by atoms with E-state index in [1.165, 1.54) is 42.3 Å². The van der Waals surface area contributed by atoms with E-state index in [0.29, 0.717) is 24.2 Å². The van der Waals surface area contributed by atoms with Crippen LogP contribution in [0.4, 0.5) is 0 Å². The molecule has 4 aromatic carbocycles. The first-order valence-electron chi connectivity index (χ1n) is 16.1. The highest BCUT2D eigenvalue weighted by Gasteiger charge is 2.32. The smallest absolute Gasteiger partial charge is 0.0265 e. The molecule has 6 aliphatic rings. The molecule has 4 aromatic rings. The second kappa shape index (κ2) is 16.6. The zero-order valence-corrected chi connectivity index (χ0v) is 30.9. The molecule has 2 N–H and O–H groups in total. The van der Waals surface area contributed by atoms with E-state index in [-0.39, 0.29) is 24.8 Å². The van der Waals surface area contributed by atoms with Gasteiger partial charge in [-0.05, 0) is 83.3 Å². The molecular weight excluding hydrogens is 743 g/mol. The topological polar surface area (TPSA) is 30.5 Å². The molecule has 0 amide bonds. The predicted octanol–water partition coefficient (Wildman–Crippen LogP) is 7.62. The lowest BCUT2D eigenvalue weighted by molar-refractivity contribution is 0.116. The van der Waals surface area contributed by atoms with Gasteiger partial charge in [-0.25, -0.2) is 0 Å². The van der Waals surface area contributed by atoms with Gasteiger partial charge in [-0.3, -0.25) is 9.80 Å². The molecule has 46 heavy (non-hydrogen) atoms. The van der Waals surface area contributed by atoms with Gasteiger partial charge in [0.2, 0.25) is 0 Å². The minimum atomic E-state index is 0. The average molecular weight is 788 g/mol. The Bertz CT molecular complexity index is 1470. The zero-order chi connectivity index (χ0) is 29.9. The summed E-state index contributed by atoms with van der Waals surface area (Å²) >= 11 is 7.17. The van der Waals surface area contributed by atoms with Gasteiger partial charge >= 0.3 is 0 Å². The Morgan fingerprint density at radius 2 is 0.913 bits per heavy atom. The Labute approximate surface area is 303 Å². The number of fused-ring (bicyclic) bond motifs is 4. The van der Waals surface area contributed by atoms with Crippen molar-refractivity contribution in [1.29, 1.82) is 0 Å². The SMILES string of the molecule is Brc1cccc(CN2CC3Cc4ccccc4CC2CN3)c1.Brc1cccc(CN2CC3Cc4ccccc4CC2CN3)c1.Cl.Cl. The molecule has 0 saturated carbocycles. The van der Waals surface area contributed by atoms with E-state index in [1.54, 1.807) is 0 Å². The second-order valence-electron chi connectivity index (χ2n) is 13.0. The largest absolute Gasteiger partial charge is 0.311 e. The maximum atomic E-state index is 3.74. The van der Waals surface area contributed by atoms with Gasteiger partial charge in [-0.15, -0.1) is 24.8 Å². The Morgan fingerprint density at radius 3 is 1.30 bits per heavy atom. The third-order valence-corrected chi connectivity index (χ3v) is 10.8. The molecule has 0 aromatic heterocycles. The number of nitrogens with one attached hydrogen (secondary N) is 2. The molecule has 0 radical (unpaired) electrons. The van der Waals surface area contributed by atoms with Gasteiger partial charge in [-0.1, -0.05) is 105 Å². The maximum Gasteiger partial charge on any atom is 0.0265 e. The summed E-state index contributed by atoms with van der Waals surface area (Å²) in [6, 6.07) is 37.7. The molecule has 0 aliphatic carbocycles. The molecule has 10 rings (SSSR count). The van der Waals surface area contributed by atoms with Crippen molar-refractivity contribution in [2.45, 2.75) is 62.9 Å². The highest BCUT2D eigenvalue weighted by atomic mass is 79.9. The van der Waals surface area contributed by atoms with E-state index >= 15 is 0 Å². The molecule has 4 atom stereocenters. The Hall–Kier alpha value is -1.74. The molecule has 4 unspecified atom stereocenters. The molecule has 4 bridgehead atoms. The number of rotatable bonds is 4. The van der Waals surface area contributed by atoms with E-state index in [0.717, 1.165) is 65.0 Å². The van der Waals surface area contributed by atoms with Crippen LogP contribution in [0, 0.1) is 0 Å². The minimum absolute atomic E-state index is 0. The normalized spacial score (nSPS) is 23.5. The van der Waals surface area contributed by atoms with E-state index < -0.39 is 0 Å². The molecule has 2 saturated heterocycles. The van der Waals surface area contributed by atoms with Crippen LogP contribution >= 0.6 is 56.7 Å². The van der Waals surface area contributed by atoms with E-state index in [4.69, 9.17) is 0 Å². The fourth-order valence-electron chi connectivity index (χ4n) is 7.61. The fourth-order valence-corrected chi connectivity index (χ4v) is 8.50. The summed E-state index contributed by atoms with van der Waals surface area (Å²) < 4.78 is 2.34. The summed E-state index contributed by atoms with van der Waals surface area (Å²) in [5, 5.41) is 7.48. The number of halogens is 4. The molecule has 4 nitrogen and oxygen atoms in total. The number of nitrogens with zero attached hydrogens (tertiary/aromatic N) is 2. The van der Waals surface area contributed by atoms with Crippen LogP contribution in [-0.4, -0.2) is 60.1 Å². The van der Waals surface area contributed by atoms with Gasteiger partial charge in [0.05, 0.1) is 0 Å². The molecule has 244 valence electrons. The first-order valence-corrected chi connectivity index (χ1v) is 17.7. The van der Waals surface area contributed by atoms with E-state index in [1.807, 2.05) is 0 Å². The van der Waals surface area contributed by atoms with Gasteiger partial charge in [-0.2, -0.15) is 0 Å². The van der Waals surface area contributed by atoms with Crippen LogP contribution in [0.25, 0.3) is 0 Å². The first-order chi connectivity index (χ1) is 21.6. The van der Waals surface area contributed by atoms with Crippen molar-refractivity contribution in [3.05, 3.63) is 139 Å². The molecular formula is C38H44Br2Cl2N4. The molecule has 6 heterocycles. The van der Waals surface area contributed by atoms with Crippen LogP contribution in [0.1, 0.15) is 33.4 Å². The minimum Gasteiger partial charge on any atom is -0.311 e. The third kappa shape index (κ3) is 8.83. The summed E-state index contributed by atoms with van der Waals surface area (Å²) in [4.78, 5) is 5.33. The highest BCUT2D eigenvalue weighted by molar-refractivity contribution is 9.10. The van der Waals surface area contributed by atoms with Crippen molar-refractivity contribution in [3.8, 4) is 0 Å². The van der Waals surface area contributed by atoms with Crippen molar-refractivity contribution >= 4 is 56.7 Å². The Kier molecular flexibility index (Phi) is 12.8. The summed E-state index contributed by atoms with van der Waals surface area (Å²) in [6.07, 6.45) is 4.61. The average Bonchev–Trinajstić information content (AvgIpc) is 2.99. The Morgan fingerprint density at radius 1 is 0.522 bits per heavy atom. The predicted molar refractivity (Wildman–Crippen MR) is 202 cm³/mol. The highest BCUT2D eigenvalue weighted by Crippen LogP contribution is 2.26. The van der Waals surface area contributed by atoms with Crippen molar-refractivity contribution in [2.75, 3.05) is 26.2 Å². The first kappa shape index (κ1) is 35.6. The zero-order valence-electron chi connectivity index (χ0n) is 26.1. The summed E-state index contributed by atoms with van der Waals surface area (Å²) in [5.41, 5.74) is 8.94. The number of hydrogen-bond acceptors (Lipinski definition) is 4. The monoisotopic (exact) mass is 784 g/mol. The maximum absolute atomic E-state index is 3.74. The lowest BCUT2D eigenvalue weighted by Gasteiger charge is -2.43. The van der Waals surface area contributed by atoms with Gasteiger partial charge in [0.15, 0.2) is 0 Å². The molecule has 2 fully saturated rings. The second-order valence-corrected chi connectivity index (χ2v) is 14.8. The van der Waals surface area contributed by atoms with Gasteiger partial charge in [0.25, 0.3) is 0 Å². The van der Waals surface area contributed by atoms with Crippen molar-refractivity contribution < 1.29 is 0 Å². The van der Waals surface area contributed by atoms with Crippen LogP contribution in [0.3, 0.4) is 0 Å². The lowest BCUT2D eigenvalue weighted by atomic mass is 9.89.